The number of benzene rings is 1. The topological polar surface area (TPSA) is 78.7 Å². The zero-order valence-electron chi connectivity index (χ0n) is 12.0. The second-order valence-corrected chi connectivity index (χ2v) is 6.80. The van der Waals surface area contributed by atoms with Gasteiger partial charge in [0.05, 0.1) is 11.5 Å². The monoisotopic (exact) mass is 389 g/mol. The normalized spacial score (nSPS) is 10.8. The Labute approximate surface area is 144 Å². The van der Waals surface area contributed by atoms with Gasteiger partial charge in [0.15, 0.2) is 0 Å². The fraction of sp³-hybridized carbons (Fsp3) is 0.188. The van der Waals surface area contributed by atoms with Gasteiger partial charge in [0.1, 0.15) is 4.83 Å². The Kier molecular flexibility index (Phi) is 4.46. The average Bonchev–Trinajstić information content (AvgIpc) is 2.95. The summed E-state index contributed by atoms with van der Waals surface area (Å²) in [6, 6.07) is 9.70. The minimum atomic E-state index is -0.426. The number of nitrogens with zero attached hydrogens (tertiary/aromatic N) is 2. The highest BCUT2D eigenvalue weighted by atomic mass is 79.9. The predicted octanol–water partition coefficient (Wildman–Crippen LogP) is 3.48. The molecule has 0 aliphatic rings. The number of nitrogens with one attached hydrogen (secondary N) is 1. The molecule has 3 rings (SSSR count). The van der Waals surface area contributed by atoms with Gasteiger partial charge >= 0.3 is 5.69 Å². The number of hydrogen-bond acceptors (Lipinski definition) is 4. The number of halogens is 1. The summed E-state index contributed by atoms with van der Waals surface area (Å²) in [7, 11) is 0. The van der Waals surface area contributed by atoms with Crippen LogP contribution in [0.3, 0.4) is 0 Å². The lowest BCUT2D eigenvalue weighted by atomic mass is 10.1. The van der Waals surface area contributed by atoms with Gasteiger partial charge in [-0.2, -0.15) is 5.26 Å². The SMILES string of the molecule is N#CCCCn1c(=O)[nH]c2scc(-c3ccc(Br)cc3)c2c1=O. The number of rotatable bonds is 4. The number of aromatic amines is 1. The lowest BCUT2D eigenvalue weighted by molar-refractivity contribution is 0.605. The highest BCUT2D eigenvalue weighted by molar-refractivity contribution is 9.10. The van der Waals surface area contributed by atoms with Crippen molar-refractivity contribution in [3.8, 4) is 17.2 Å². The molecule has 7 heteroatoms. The molecule has 0 fully saturated rings. The van der Waals surface area contributed by atoms with Gasteiger partial charge in [0, 0.05) is 28.4 Å². The maximum absolute atomic E-state index is 12.7. The summed E-state index contributed by atoms with van der Waals surface area (Å²) in [5.74, 6) is 0. The molecule has 23 heavy (non-hydrogen) atoms. The molecule has 0 aliphatic carbocycles. The van der Waals surface area contributed by atoms with E-state index in [9.17, 15) is 9.59 Å². The van der Waals surface area contributed by atoms with Crippen molar-refractivity contribution in [2.75, 3.05) is 0 Å². The molecule has 0 unspecified atom stereocenters. The largest absolute Gasteiger partial charge is 0.329 e. The number of nitriles is 1. The highest BCUT2D eigenvalue weighted by Gasteiger charge is 2.14. The lowest BCUT2D eigenvalue weighted by Crippen LogP contribution is -2.34. The Hall–Kier alpha value is -2.17. The molecular weight excluding hydrogens is 378 g/mol. The first-order chi connectivity index (χ1) is 11.1. The van der Waals surface area contributed by atoms with E-state index >= 15 is 0 Å². The van der Waals surface area contributed by atoms with Gasteiger partial charge in [-0.25, -0.2) is 4.79 Å². The molecule has 1 N–H and O–H groups in total. The van der Waals surface area contributed by atoms with Crippen LogP contribution in [0.2, 0.25) is 0 Å². The number of hydrogen-bond donors (Lipinski definition) is 1. The summed E-state index contributed by atoms with van der Waals surface area (Å²) < 4.78 is 2.14. The first kappa shape index (κ1) is 15.7. The zero-order valence-corrected chi connectivity index (χ0v) is 14.4. The summed E-state index contributed by atoms with van der Waals surface area (Å²) in [5, 5.41) is 11.0. The van der Waals surface area contributed by atoms with Gasteiger partial charge < -0.3 is 0 Å². The third kappa shape index (κ3) is 3.00. The Morgan fingerprint density at radius 3 is 2.70 bits per heavy atom. The van der Waals surface area contributed by atoms with Gasteiger partial charge in [-0.3, -0.25) is 14.3 Å². The molecule has 0 amide bonds. The number of H-pyrrole nitrogens is 1. The summed E-state index contributed by atoms with van der Waals surface area (Å²) in [4.78, 5) is 28.1. The van der Waals surface area contributed by atoms with Crippen LogP contribution in [0.1, 0.15) is 12.8 Å². The van der Waals surface area contributed by atoms with Crippen molar-refractivity contribution in [2.45, 2.75) is 19.4 Å². The molecule has 0 radical (unpaired) electrons. The fourth-order valence-corrected chi connectivity index (χ4v) is 3.63. The Bertz CT molecular complexity index is 1010. The van der Waals surface area contributed by atoms with Gasteiger partial charge in [-0.1, -0.05) is 28.1 Å². The van der Waals surface area contributed by atoms with Gasteiger partial charge in [0.25, 0.3) is 5.56 Å². The molecule has 0 saturated carbocycles. The smallest absolute Gasteiger partial charge is 0.298 e. The van der Waals surface area contributed by atoms with Gasteiger partial charge in [-0.05, 0) is 24.1 Å². The van der Waals surface area contributed by atoms with Crippen LogP contribution in [0.25, 0.3) is 21.3 Å². The van der Waals surface area contributed by atoms with E-state index in [0.29, 0.717) is 23.1 Å². The summed E-state index contributed by atoms with van der Waals surface area (Å²) in [6.07, 6.45) is 0.788. The number of aromatic nitrogens is 2. The summed E-state index contributed by atoms with van der Waals surface area (Å²) in [6.45, 7) is 0.243. The van der Waals surface area contributed by atoms with E-state index in [2.05, 4.69) is 20.9 Å². The summed E-state index contributed by atoms with van der Waals surface area (Å²) >= 11 is 4.74. The molecule has 5 nitrogen and oxygen atoms in total. The second-order valence-electron chi connectivity index (χ2n) is 5.01. The zero-order chi connectivity index (χ0) is 16.4. The van der Waals surface area contributed by atoms with Crippen LogP contribution in [-0.4, -0.2) is 9.55 Å². The van der Waals surface area contributed by atoms with Crippen LogP contribution >= 0.6 is 27.3 Å². The number of thiophene rings is 1. The van der Waals surface area contributed by atoms with Crippen molar-refractivity contribution >= 4 is 37.5 Å². The second kappa shape index (κ2) is 6.52. The molecule has 0 saturated heterocycles. The number of fused-ring (bicyclic) bond motifs is 1. The minimum Gasteiger partial charge on any atom is -0.298 e. The fourth-order valence-electron chi connectivity index (χ4n) is 2.42. The molecule has 116 valence electrons. The van der Waals surface area contributed by atoms with Crippen LogP contribution in [0.5, 0.6) is 0 Å². The molecule has 3 aromatic rings. The van der Waals surface area contributed by atoms with Crippen molar-refractivity contribution in [3.05, 3.63) is 55.0 Å². The molecule has 2 aromatic heterocycles. The van der Waals surface area contributed by atoms with Crippen LogP contribution < -0.4 is 11.2 Å². The van der Waals surface area contributed by atoms with E-state index in [1.165, 1.54) is 15.9 Å². The van der Waals surface area contributed by atoms with Crippen molar-refractivity contribution in [2.24, 2.45) is 0 Å². The lowest BCUT2D eigenvalue weighted by Gasteiger charge is -2.05. The minimum absolute atomic E-state index is 0.243. The maximum Gasteiger partial charge on any atom is 0.329 e. The molecule has 0 bridgehead atoms. The van der Waals surface area contributed by atoms with Gasteiger partial charge in [0.2, 0.25) is 0 Å². The quantitative estimate of drug-likeness (QED) is 0.693. The summed E-state index contributed by atoms with van der Waals surface area (Å²) in [5.41, 5.74) is 1.01. The van der Waals surface area contributed by atoms with Crippen molar-refractivity contribution in [1.29, 1.82) is 5.26 Å². The first-order valence-corrected chi connectivity index (χ1v) is 8.66. The van der Waals surface area contributed by atoms with Crippen molar-refractivity contribution < 1.29 is 0 Å². The van der Waals surface area contributed by atoms with Gasteiger partial charge in [-0.15, -0.1) is 11.3 Å². The van der Waals surface area contributed by atoms with Crippen molar-refractivity contribution in [1.82, 2.24) is 9.55 Å². The van der Waals surface area contributed by atoms with Crippen molar-refractivity contribution in [3.63, 3.8) is 0 Å². The Morgan fingerprint density at radius 1 is 1.26 bits per heavy atom. The molecule has 0 aliphatic heterocycles. The Morgan fingerprint density at radius 2 is 2.00 bits per heavy atom. The first-order valence-electron chi connectivity index (χ1n) is 6.99. The molecule has 1 aromatic carbocycles. The van der Waals surface area contributed by atoms with E-state index in [-0.39, 0.29) is 12.1 Å². The van der Waals surface area contributed by atoms with E-state index in [1.54, 1.807) is 0 Å². The van der Waals surface area contributed by atoms with E-state index in [0.717, 1.165) is 15.6 Å². The predicted molar refractivity (Wildman–Crippen MR) is 94.7 cm³/mol. The van der Waals surface area contributed by atoms with Crippen LogP contribution in [0, 0.1) is 11.3 Å². The maximum atomic E-state index is 12.7. The standard InChI is InChI=1S/C16H12BrN3O2S/c17-11-5-3-10(4-6-11)12-9-23-14-13(12)15(21)20(16(22)19-14)8-2-1-7-18/h3-6,9H,1-2,8H2,(H,19,22). The van der Waals surface area contributed by atoms with E-state index < -0.39 is 5.69 Å². The van der Waals surface area contributed by atoms with Crippen LogP contribution in [0.4, 0.5) is 0 Å². The molecule has 0 spiro atoms. The highest BCUT2D eigenvalue weighted by Crippen LogP contribution is 2.30. The molecule has 2 heterocycles. The number of unbranched alkanes of at least 4 members (excludes halogenated alkanes) is 1. The molecule has 0 atom stereocenters. The average molecular weight is 390 g/mol. The molecular formula is C16H12BrN3O2S. The Balaban J connectivity index is 2.17. The van der Waals surface area contributed by atoms with Crippen LogP contribution in [0.15, 0.2) is 43.7 Å². The van der Waals surface area contributed by atoms with E-state index in [4.69, 9.17) is 5.26 Å². The van der Waals surface area contributed by atoms with Crippen LogP contribution in [-0.2, 0) is 6.54 Å². The third-order valence-electron chi connectivity index (χ3n) is 3.54. The van der Waals surface area contributed by atoms with E-state index in [1.807, 2.05) is 35.7 Å². The third-order valence-corrected chi connectivity index (χ3v) is 4.97.